The van der Waals surface area contributed by atoms with Crippen LogP contribution in [0.2, 0.25) is 0 Å². The van der Waals surface area contributed by atoms with Gasteiger partial charge in [-0.25, -0.2) is 0 Å². The van der Waals surface area contributed by atoms with Crippen LogP contribution >= 0.6 is 0 Å². The van der Waals surface area contributed by atoms with Crippen molar-refractivity contribution in [2.45, 2.75) is 31.8 Å². The number of anilines is 3. The number of β-amino-alcohol motifs (C(OH)–C–C–N with tert-alkyl or cyclic N) is 1. The van der Waals surface area contributed by atoms with Gasteiger partial charge in [0.1, 0.15) is 11.6 Å². The Bertz CT molecular complexity index is 1260. The highest BCUT2D eigenvalue weighted by Gasteiger charge is 2.25. The van der Waals surface area contributed by atoms with Gasteiger partial charge in [0, 0.05) is 77.1 Å². The maximum absolute atomic E-state index is 12.7. The number of ketones is 1. The van der Waals surface area contributed by atoms with Crippen LogP contribution in [0.25, 0.3) is 10.8 Å². The summed E-state index contributed by atoms with van der Waals surface area (Å²) in [6.07, 6.45) is 4.34. The second kappa shape index (κ2) is 12.5. The predicted molar refractivity (Wildman–Crippen MR) is 161 cm³/mol. The molecule has 0 spiro atoms. The summed E-state index contributed by atoms with van der Waals surface area (Å²) in [5.74, 6) is 3.00. The van der Waals surface area contributed by atoms with E-state index in [0.717, 1.165) is 80.7 Å². The molecule has 0 bridgehead atoms. The summed E-state index contributed by atoms with van der Waals surface area (Å²) in [5, 5.41) is 16.0. The normalized spacial score (nSPS) is 19.1. The molecule has 0 saturated carbocycles. The number of hydrogen-bond acceptors (Lipinski definition) is 9. The van der Waals surface area contributed by atoms with Crippen molar-refractivity contribution in [1.29, 1.82) is 0 Å². The first-order valence-electron chi connectivity index (χ1n) is 14.9. The number of benzene rings is 2. The van der Waals surface area contributed by atoms with Crippen LogP contribution in [0.3, 0.4) is 0 Å². The first-order valence-corrected chi connectivity index (χ1v) is 14.9. The molecular formula is C31H41N7O2. The molecule has 1 unspecified atom stereocenters. The van der Waals surface area contributed by atoms with Crippen molar-refractivity contribution in [1.82, 2.24) is 20.2 Å². The monoisotopic (exact) mass is 543 g/mol. The molecule has 1 aromatic heterocycles. The van der Waals surface area contributed by atoms with Crippen LogP contribution in [0.1, 0.15) is 36.0 Å². The van der Waals surface area contributed by atoms with E-state index in [4.69, 9.17) is 9.97 Å². The minimum atomic E-state index is -0.529. The van der Waals surface area contributed by atoms with E-state index in [1.54, 1.807) is 0 Å². The highest BCUT2D eigenvalue weighted by atomic mass is 16.3. The maximum Gasteiger partial charge on any atom is 0.229 e. The Kier molecular flexibility index (Phi) is 8.41. The topological polar surface area (TPSA) is 88.1 Å². The van der Waals surface area contributed by atoms with Crippen molar-refractivity contribution >= 4 is 34.1 Å². The van der Waals surface area contributed by atoms with E-state index in [2.05, 4.69) is 31.0 Å². The molecular weight excluding hydrogens is 502 g/mol. The summed E-state index contributed by atoms with van der Waals surface area (Å²) in [5.41, 5.74) is 0.697. The number of nitrogens with zero attached hydrogens (tertiary/aromatic N) is 6. The van der Waals surface area contributed by atoms with E-state index in [-0.39, 0.29) is 12.3 Å². The fourth-order valence-electron chi connectivity index (χ4n) is 6.08. The van der Waals surface area contributed by atoms with Crippen LogP contribution in [0, 0.1) is 0 Å². The van der Waals surface area contributed by atoms with E-state index < -0.39 is 6.10 Å². The number of carbonyl (C=O) groups excluding carboxylic acids is 1. The number of aliphatic hydroxyl groups excluding tert-OH is 1. The van der Waals surface area contributed by atoms with Gasteiger partial charge < -0.3 is 25.1 Å². The number of rotatable bonds is 10. The number of fused-ring (bicyclic) bond motifs is 1. The highest BCUT2D eigenvalue weighted by Crippen LogP contribution is 2.28. The molecule has 9 heteroatoms. The zero-order valence-corrected chi connectivity index (χ0v) is 23.3. The van der Waals surface area contributed by atoms with Gasteiger partial charge in [0.25, 0.3) is 0 Å². The van der Waals surface area contributed by atoms with Crippen LogP contribution in [0.4, 0.5) is 17.6 Å². The Labute approximate surface area is 236 Å². The van der Waals surface area contributed by atoms with Gasteiger partial charge in [-0.1, -0.05) is 36.4 Å². The van der Waals surface area contributed by atoms with Crippen LogP contribution < -0.4 is 20.0 Å². The molecule has 3 fully saturated rings. The number of carbonyl (C=O) groups is 1. The zero-order valence-electron chi connectivity index (χ0n) is 23.3. The molecule has 2 N–H and O–H groups in total. The molecule has 1 atom stereocenters. The Morgan fingerprint density at radius 2 is 1.40 bits per heavy atom. The van der Waals surface area contributed by atoms with Crippen LogP contribution in [-0.2, 0) is 0 Å². The zero-order chi connectivity index (χ0) is 27.3. The maximum atomic E-state index is 12.7. The molecule has 0 radical (unpaired) electrons. The fraction of sp³-hybridized carbons (Fsp3) is 0.516. The molecule has 9 nitrogen and oxygen atoms in total. The minimum Gasteiger partial charge on any atom is -0.390 e. The molecule has 3 aliphatic rings. The third kappa shape index (κ3) is 6.37. The summed E-state index contributed by atoms with van der Waals surface area (Å²) < 4.78 is 0. The molecule has 40 heavy (non-hydrogen) atoms. The molecule has 3 aromatic rings. The van der Waals surface area contributed by atoms with Gasteiger partial charge in [-0.05, 0) is 42.5 Å². The fourth-order valence-corrected chi connectivity index (χ4v) is 6.08. The van der Waals surface area contributed by atoms with Crippen molar-refractivity contribution in [3.63, 3.8) is 0 Å². The van der Waals surface area contributed by atoms with Crippen molar-refractivity contribution < 1.29 is 9.90 Å². The van der Waals surface area contributed by atoms with E-state index >= 15 is 0 Å². The van der Waals surface area contributed by atoms with Gasteiger partial charge in [0.15, 0.2) is 5.78 Å². The number of nitrogens with one attached hydrogen (secondary N) is 1. The molecule has 6 rings (SSSR count). The lowest BCUT2D eigenvalue weighted by Crippen LogP contribution is -2.50. The number of aromatic nitrogens is 2. The summed E-state index contributed by atoms with van der Waals surface area (Å²) >= 11 is 0. The van der Waals surface area contributed by atoms with E-state index in [1.165, 1.54) is 25.7 Å². The molecule has 0 aliphatic carbocycles. The third-order valence-electron chi connectivity index (χ3n) is 8.41. The highest BCUT2D eigenvalue weighted by molar-refractivity contribution is 6.01. The third-order valence-corrected chi connectivity index (χ3v) is 8.41. The minimum absolute atomic E-state index is 0.0398. The van der Waals surface area contributed by atoms with Gasteiger partial charge >= 0.3 is 0 Å². The second-order valence-corrected chi connectivity index (χ2v) is 11.3. The lowest BCUT2D eigenvalue weighted by atomic mass is 10.0. The van der Waals surface area contributed by atoms with Crippen LogP contribution in [0.15, 0.2) is 48.5 Å². The first kappa shape index (κ1) is 26.9. The lowest BCUT2D eigenvalue weighted by Gasteiger charge is -2.36. The molecule has 2 aromatic carbocycles. The summed E-state index contributed by atoms with van der Waals surface area (Å²) in [6.45, 7) is 8.91. The summed E-state index contributed by atoms with van der Waals surface area (Å²) in [4.78, 5) is 32.0. The summed E-state index contributed by atoms with van der Waals surface area (Å²) in [6, 6.07) is 16.0. The number of Topliss-reactive ketones (excluding diaryl/α,β-unsaturated/α-hetero) is 1. The Morgan fingerprint density at radius 1 is 0.775 bits per heavy atom. The van der Waals surface area contributed by atoms with Gasteiger partial charge in [-0.2, -0.15) is 9.97 Å². The van der Waals surface area contributed by atoms with Crippen molar-refractivity contribution in [3.8, 4) is 0 Å². The van der Waals surface area contributed by atoms with Crippen molar-refractivity contribution in [2.75, 3.05) is 86.7 Å². The Balaban J connectivity index is 0.986. The standard InChI is InChI=1S/C31H41N7O2/c39-27(21-32-22-28(40)26-10-9-24-7-1-2-8-25(24)19-26)23-35-15-17-37(18-16-35)30-20-29(36-11-3-4-12-36)33-31(34-30)38-13-5-6-14-38/h1-2,7-10,19-20,27,32,39H,3-6,11-18,21-23H2. The van der Waals surface area contributed by atoms with Gasteiger partial charge in [-0.3, -0.25) is 9.69 Å². The molecule has 0 amide bonds. The first-order chi connectivity index (χ1) is 19.6. The van der Waals surface area contributed by atoms with Crippen molar-refractivity contribution in [3.05, 3.63) is 54.1 Å². The lowest BCUT2D eigenvalue weighted by molar-refractivity contribution is 0.0952. The van der Waals surface area contributed by atoms with E-state index in [0.29, 0.717) is 18.7 Å². The smallest absolute Gasteiger partial charge is 0.229 e. The Hall–Kier alpha value is -3.27. The molecule has 4 heterocycles. The average Bonchev–Trinajstić information content (AvgIpc) is 3.73. The van der Waals surface area contributed by atoms with Gasteiger partial charge in [0.2, 0.25) is 5.95 Å². The van der Waals surface area contributed by atoms with Crippen molar-refractivity contribution in [2.24, 2.45) is 0 Å². The van der Waals surface area contributed by atoms with Gasteiger partial charge in [-0.15, -0.1) is 0 Å². The van der Waals surface area contributed by atoms with E-state index in [1.807, 2.05) is 42.5 Å². The summed E-state index contributed by atoms with van der Waals surface area (Å²) in [7, 11) is 0. The number of hydrogen-bond donors (Lipinski definition) is 2. The number of aliphatic hydroxyl groups is 1. The second-order valence-electron chi connectivity index (χ2n) is 11.3. The predicted octanol–water partition coefficient (Wildman–Crippen LogP) is 2.79. The number of piperazine rings is 1. The van der Waals surface area contributed by atoms with Crippen LogP contribution in [0.5, 0.6) is 0 Å². The Morgan fingerprint density at radius 3 is 2.10 bits per heavy atom. The largest absolute Gasteiger partial charge is 0.390 e. The molecule has 3 saturated heterocycles. The quantitative estimate of drug-likeness (QED) is 0.375. The van der Waals surface area contributed by atoms with Gasteiger partial charge in [0.05, 0.1) is 12.6 Å². The van der Waals surface area contributed by atoms with Crippen LogP contribution in [-0.4, -0.2) is 104 Å². The molecule has 3 aliphatic heterocycles. The average molecular weight is 544 g/mol. The molecule has 212 valence electrons. The SMILES string of the molecule is O=C(CNCC(O)CN1CCN(c2cc(N3CCCC3)nc(N3CCCC3)n2)CC1)c1ccc2ccccc2c1. The van der Waals surface area contributed by atoms with E-state index in [9.17, 15) is 9.90 Å².